The summed E-state index contributed by atoms with van der Waals surface area (Å²) in [7, 11) is 0. The van der Waals surface area contributed by atoms with Crippen molar-refractivity contribution in [3.63, 3.8) is 0 Å². The van der Waals surface area contributed by atoms with Gasteiger partial charge in [-0.15, -0.1) is 0 Å². The number of aromatic nitrogens is 1. The number of rotatable bonds is 4. The third kappa shape index (κ3) is 3.01. The zero-order valence-corrected chi connectivity index (χ0v) is 11.7. The highest BCUT2D eigenvalue weighted by molar-refractivity contribution is 6.12. The van der Waals surface area contributed by atoms with Gasteiger partial charge < -0.3 is 5.32 Å². The second kappa shape index (κ2) is 6.18. The van der Waals surface area contributed by atoms with E-state index in [0.29, 0.717) is 22.6 Å². The molecule has 3 aromatic rings. The number of hydrogen-bond acceptors (Lipinski definition) is 3. The molecule has 108 valence electrons. The molecule has 0 bridgehead atoms. The standard InChI is InChI=1S/C18H13FN2O/c19-14-8-4-9-15(12-14)21-18-16(10-5-11-20-18)17(22)13-6-2-1-3-7-13/h1-12H,(H,20,21). The highest BCUT2D eigenvalue weighted by atomic mass is 19.1. The van der Waals surface area contributed by atoms with Gasteiger partial charge in [-0.05, 0) is 30.3 Å². The monoisotopic (exact) mass is 292 g/mol. The van der Waals surface area contributed by atoms with Crippen LogP contribution in [-0.4, -0.2) is 10.8 Å². The predicted octanol–water partition coefficient (Wildman–Crippen LogP) is 4.20. The van der Waals surface area contributed by atoms with Crippen molar-refractivity contribution in [1.82, 2.24) is 4.98 Å². The molecule has 3 rings (SSSR count). The maximum absolute atomic E-state index is 13.3. The van der Waals surface area contributed by atoms with Crippen LogP contribution in [0.2, 0.25) is 0 Å². The van der Waals surface area contributed by atoms with E-state index >= 15 is 0 Å². The second-order valence-corrected chi connectivity index (χ2v) is 4.73. The maximum atomic E-state index is 13.3. The van der Waals surface area contributed by atoms with E-state index in [2.05, 4.69) is 10.3 Å². The highest BCUT2D eigenvalue weighted by Gasteiger charge is 2.14. The average molecular weight is 292 g/mol. The Balaban J connectivity index is 1.95. The van der Waals surface area contributed by atoms with Crippen LogP contribution in [0.3, 0.4) is 0 Å². The minimum atomic E-state index is -0.350. The van der Waals surface area contributed by atoms with E-state index < -0.39 is 0 Å². The van der Waals surface area contributed by atoms with Gasteiger partial charge in [0.2, 0.25) is 0 Å². The molecule has 0 unspecified atom stereocenters. The number of carbonyl (C=O) groups is 1. The first-order valence-electron chi connectivity index (χ1n) is 6.81. The number of ketones is 1. The lowest BCUT2D eigenvalue weighted by molar-refractivity contribution is 0.103. The molecule has 1 heterocycles. The summed E-state index contributed by atoms with van der Waals surface area (Å²) in [5, 5.41) is 2.99. The molecular formula is C18H13FN2O. The zero-order valence-electron chi connectivity index (χ0n) is 11.7. The predicted molar refractivity (Wildman–Crippen MR) is 83.8 cm³/mol. The summed E-state index contributed by atoms with van der Waals surface area (Å²) < 4.78 is 13.3. The minimum absolute atomic E-state index is 0.132. The van der Waals surface area contributed by atoms with Crippen molar-refractivity contribution in [3.8, 4) is 0 Å². The van der Waals surface area contributed by atoms with Crippen LogP contribution in [0.25, 0.3) is 0 Å². The first-order valence-corrected chi connectivity index (χ1v) is 6.81. The lowest BCUT2D eigenvalue weighted by Gasteiger charge is -2.10. The largest absolute Gasteiger partial charge is 0.340 e. The topological polar surface area (TPSA) is 42.0 Å². The zero-order chi connectivity index (χ0) is 15.4. The number of halogens is 1. The van der Waals surface area contributed by atoms with Crippen molar-refractivity contribution in [1.29, 1.82) is 0 Å². The van der Waals surface area contributed by atoms with Crippen molar-refractivity contribution in [2.45, 2.75) is 0 Å². The first-order chi connectivity index (χ1) is 10.7. The SMILES string of the molecule is O=C(c1ccccc1)c1cccnc1Nc1cccc(F)c1. The normalized spacial score (nSPS) is 10.2. The minimum Gasteiger partial charge on any atom is -0.340 e. The summed E-state index contributed by atoms with van der Waals surface area (Å²) in [6.45, 7) is 0. The van der Waals surface area contributed by atoms with Crippen LogP contribution >= 0.6 is 0 Å². The van der Waals surface area contributed by atoms with Crippen LogP contribution in [0.4, 0.5) is 15.9 Å². The number of benzene rings is 2. The number of nitrogens with one attached hydrogen (secondary N) is 1. The van der Waals surface area contributed by atoms with Gasteiger partial charge in [0.05, 0.1) is 5.56 Å². The van der Waals surface area contributed by atoms with Gasteiger partial charge in [0.1, 0.15) is 11.6 Å². The van der Waals surface area contributed by atoms with Crippen molar-refractivity contribution in [2.24, 2.45) is 0 Å². The Labute approximate surface area is 127 Å². The van der Waals surface area contributed by atoms with E-state index in [1.54, 1.807) is 42.6 Å². The number of pyridine rings is 1. The van der Waals surface area contributed by atoms with Gasteiger partial charge in [0.15, 0.2) is 5.78 Å². The van der Waals surface area contributed by atoms with E-state index in [-0.39, 0.29) is 11.6 Å². The molecule has 3 nitrogen and oxygen atoms in total. The first kappa shape index (κ1) is 13.9. The van der Waals surface area contributed by atoms with E-state index in [4.69, 9.17) is 0 Å². The van der Waals surface area contributed by atoms with E-state index in [9.17, 15) is 9.18 Å². The van der Waals surface area contributed by atoms with Gasteiger partial charge in [0, 0.05) is 17.4 Å². The van der Waals surface area contributed by atoms with Crippen molar-refractivity contribution < 1.29 is 9.18 Å². The molecule has 1 N–H and O–H groups in total. The Kier molecular flexibility index (Phi) is 3.92. The molecule has 0 saturated heterocycles. The smallest absolute Gasteiger partial charge is 0.196 e. The number of hydrogen-bond donors (Lipinski definition) is 1. The lowest BCUT2D eigenvalue weighted by atomic mass is 10.0. The fraction of sp³-hybridized carbons (Fsp3) is 0. The quantitative estimate of drug-likeness (QED) is 0.733. The average Bonchev–Trinajstić information content (AvgIpc) is 2.56. The molecule has 0 atom stereocenters. The summed E-state index contributed by atoms with van der Waals surface area (Å²) in [5.41, 5.74) is 1.57. The van der Waals surface area contributed by atoms with Crippen LogP contribution < -0.4 is 5.32 Å². The van der Waals surface area contributed by atoms with Crippen LogP contribution in [-0.2, 0) is 0 Å². The molecule has 0 aliphatic carbocycles. The molecule has 2 aromatic carbocycles. The van der Waals surface area contributed by atoms with Crippen molar-refractivity contribution >= 4 is 17.3 Å². The molecule has 22 heavy (non-hydrogen) atoms. The fourth-order valence-corrected chi connectivity index (χ4v) is 2.14. The van der Waals surface area contributed by atoms with Gasteiger partial charge >= 0.3 is 0 Å². The lowest BCUT2D eigenvalue weighted by Crippen LogP contribution is -2.06. The molecule has 0 saturated carbocycles. The number of anilines is 2. The fourth-order valence-electron chi connectivity index (χ4n) is 2.14. The Bertz CT molecular complexity index is 803. The van der Waals surface area contributed by atoms with Crippen molar-refractivity contribution in [3.05, 3.63) is 89.9 Å². The third-order valence-electron chi connectivity index (χ3n) is 3.18. The molecule has 0 aliphatic heterocycles. The summed E-state index contributed by atoms with van der Waals surface area (Å²) >= 11 is 0. The van der Waals surface area contributed by atoms with Crippen molar-refractivity contribution in [2.75, 3.05) is 5.32 Å². The third-order valence-corrected chi connectivity index (χ3v) is 3.18. The van der Waals surface area contributed by atoms with E-state index in [0.717, 1.165) is 0 Å². The number of nitrogens with zero attached hydrogens (tertiary/aromatic N) is 1. The molecule has 0 amide bonds. The van der Waals surface area contributed by atoms with Gasteiger partial charge in [-0.2, -0.15) is 0 Å². The number of carbonyl (C=O) groups excluding carboxylic acids is 1. The summed E-state index contributed by atoms with van der Waals surface area (Å²) in [6, 6.07) is 18.4. The van der Waals surface area contributed by atoms with Crippen LogP contribution in [0.15, 0.2) is 72.9 Å². The summed E-state index contributed by atoms with van der Waals surface area (Å²) in [6.07, 6.45) is 1.59. The molecule has 0 radical (unpaired) electrons. The molecule has 0 fully saturated rings. The Morgan fingerprint density at radius 3 is 2.55 bits per heavy atom. The molecule has 4 heteroatoms. The second-order valence-electron chi connectivity index (χ2n) is 4.73. The summed E-state index contributed by atoms with van der Waals surface area (Å²) in [4.78, 5) is 16.8. The Hall–Kier alpha value is -3.01. The Morgan fingerprint density at radius 2 is 1.77 bits per heavy atom. The molecular weight excluding hydrogens is 279 g/mol. The molecule has 0 aliphatic rings. The van der Waals surface area contributed by atoms with Crippen LogP contribution in [0.1, 0.15) is 15.9 Å². The Morgan fingerprint density at radius 1 is 0.955 bits per heavy atom. The van der Waals surface area contributed by atoms with Gasteiger partial charge in [-0.1, -0.05) is 36.4 Å². The molecule has 1 aromatic heterocycles. The van der Waals surface area contributed by atoms with Gasteiger partial charge in [-0.25, -0.2) is 9.37 Å². The van der Waals surface area contributed by atoms with Gasteiger partial charge in [0.25, 0.3) is 0 Å². The molecule has 0 spiro atoms. The van der Waals surface area contributed by atoms with E-state index in [1.165, 1.54) is 12.1 Å². The van der Waals surface area contributed by atoms with Gasteiger partial charge in [-0.3, -0.25) is 4.79 Å². The maximum Gasteiger partial charge on any atom is 0.196 e. The summed E-state index contributed by atoms with van der Waals surface area (Å²) in [5.74, 6) is -0.0774. The highest BCUT2D eigenvalue weighted by Crippen LogP contribution is 2.21. The van der Waals surface area contributed by atoms with Crippen LogP contribution in [0, 0.1) is 5.82 Å². The van der Waals surface area contributed by atoms with E-state index in [1.807, 2.05) is 18.2 Å². The van der Waals surface area contributed by atoms with Crippen LogP contribution in [0.5, 0.6) is 0 Å².